The molecule has 170 valence electrons. The van der Waals surface area contributed by atoms with Crippen molar-refractivity contribution in [1.29, 1.82) is 0 Å². The highest BCUT2D eigenvalue weighted by Gasteiger charge is 2.68. The second-order valence-electron chi connectivity index (χ2n) is 6.73. The molecule has 2 N–H and O–H groups in total. The van der Waals surface area contributed by atoms with E-state index in [1.807, 2.05) is 0 Å². The monoisotopic (exact) mass is 457 g/mol. The summed E-state index contributed by atoms with van der Waals surface area (Å²) < 4.78 is 70.2. The molecule has 0 radical (unpaired) electrons. The zero-order valence-electron chi connectivity index (χ0n) is 16.2. The molecule has 12 heteroatoms. The van der Waals surface area contributed by atoms with Crippen molar-refractivity contribution in [2.75, 3.05) is 6.54 Å². The summed E-state index contributed by atoms with van der Waals surface area (Å²) in [5, 5.41) is 4.03. The summed E-state index contributed by atoms with van der Waals surface area (Å²) in [6.07, 6.45) is -5.16. The normalized spacial score (nSPS) is 18.6. The maximum absolute atomic E-state index is 13.9. The van der Waals surface area contributed by atoms with Gasteiger partial charge in [-0.1, -0.05) is 42.5 Å². The Balaban J connectivity index is 1.69. The van der Waals surface area contributed by atoms with Crippen LogP contribution in [0.15, 0.2) is 54.6 Å². The van der Waals surface area contributed by atoms with Gasteiger partial charge in [0.05, 0.1) is 0 Å². The Kier molecular flexibility index (Phi) is 6.32. The fraction of sp³-hybridized carbons (Fsp3) is 0.250. The summed E-state index contributed by atoms with van der Waals surface area (Å²) in [6.45, 7) is -4.06. The molecule has 32 heavy (non-hydrogen) atoms. The van der Waals surface area contributed by atoms with Crippen molar-refractivity contribution in [2.24, 2.45) is 0 Å². The number of benzene rings is 2. The minimum absolute atomic E-state index is 0.0983. The lowest BCUT2D eigenvalue weighted by Crippen LogP contribution is -2.56. The lowest BCUT2D eigenvalue weighted by Gasteiger charge is -2.29. The van der Waals surface area contributed by atoms with Gasteiger partial charge in [-0.2, -0.15) is 22.0 Å². The van der Waals surface area contributed by atoms with Crippen molar-refractivity contribution in [1.82, 2.24) is 15.5 Å². The van der Waals surface area contributed by atoms with Crippen LogP contribution >= 0.6 is 0 Å². The van der Waals surface area contributed by atoms with Crippen LogP contribution in [0.4, 0.5) is 26.7 Å². The average Bonchev–Trinajstić information content (AvgIpc) is 2.99. The molecule has 1 aliphatic heterocycles. The van der Waals surface area contributed by atoms with Gasteiger partial charge in [-0.3, -0.25) is 14.5 Å². The maximum Gasteiger partial charge on any atom is 0.425 e. The number of imide groups is 1. The van der Waals surface area contributed by atoms with Crippen LogP contribution in [0.2, 0.25) is 0 Å². The zero-order valence-corrected chi connectivity index (χ0v) is 16.2. The third-order valence-corrected chi connectivity index (χ3v) is 4.68. The number of hydrogen-bond donors (Lipinski definition) is 2. The van der Waals surface area contributed by atoms with Crippen LogP contribution in [-0.4, -0.2) is 42.1 Å². The molecule has 1 aliphatic rings. The van der Waals surface area contributed by atoms with Crippen LogP contribution in [0.3, 0.4) is 0 Å². The molecule has 2 aromatic rings. The Labute approximate surface area is 178 Å². The number of nitrogens with one attached hydrogen (secondary N) is 2. The lowest BCUT2D eigenvalue weighted by molar-refractivity contribution is -0.198. The molecule has 1 saturated heterocycles. The van der Waals surface area contributed by atoms with Gasteiger partial charge in [0.15, 0.2) is 0 Å². The van der Waals surface area contributed by atoms with Crippen molar-refractivity contribution >= 4 is 17.8 Å². The van der Waals surface area contributed by atoms with E-state index in [4.69, 9.17) is 0 Å². The number of urea groups is 1. The zero-order chi connectivity index (χ0) is 23.5. The molecule has 1 atom stereocenters. The fourth-order valence-electron chi connectivity index (χ4n) is 3.15. The largest absolute Gasteiger partial charge is 0.435 e. The molecule has 2 aromatic carbocycles. The molecule has 1 fully saturated rings. The summed E-state index contributed by atoms with van der Waals surface area (Å²) in [4.78, 5) is 37.3. The minimum Gasteiger partial charge on any atom is -0.435 e. The fourth-order valence-corrected chi connectivity index (χ4v) is 3.15. The molecule has 4 amide bonds. The highest BCUT2D eigenvalue weighted by Crippen LogP contribution is 2.43. The number of halogens is 5. The first-order chi connectivity index (χ1) is 15.0. The van der Waals surface area contributed by atoms with Gasteiger partial charge in [0, 0.05) is 6.54 Å². The van der Waals surface area contributed by atoms with Gasteiger partial charge in [-0.25, -0.2) is 4.79 Å². The number of rotatable bonds is 7. The quantitative estimate of drug-likeness (QED) is 0.495. The first-order valence-electron chi connectivity index (χ1n) is 9.11. The van der Waals surface area contributed by atoms with Gasteiger partial charge in [-0.05, 0) is 23.3 Å². The van der Waals surface area contributed by atoms with Gasteiger partial charge in [0.25, 0.3) is 5.91 Å². The highest BCUT2D eigenvalue weighted by molar-refractivity contribution is 6.09. The number of carbonyl (C=O) groups excluding carboxylic acids is 3. The second kappa shape index (κ2) is 8.81. The number of alkyl halides is 5. The van der Waals surface area contributed by atoms with Crippen molar-refractivity contribution in [3.8, 4) is 5.75 Å². The van der Waals surface area contributed by atoms with Crippen LogP contribution in [0.25, 0.3) is 0 Å². The molecular formula is C20H16F5N3O4. The second-order valence-corrected chi connectivity index (χ2v) is 6.73. The van der Waals surface area contributed by atoms with Gasteiger partial charge < -0.3 is 15.4 Å². The number of carbonyl (C=O) groups is 3. The van der Waals surface area contributed by atoms with E-state index in [2.05, 4.69) is 10.1 Å². The number of amides is 4. The Morgan fingerprint density at radius 3 is 2.25 bits per heavy atom. The van der Waals surface area contributed by atoms with Crippen LogP contribution in [0, 0.1) is 0 Å². The molecule has 0 bridgehead atoms. The summed E-state index contributed by atoms with van der Waals surface area (Å²) in [6, 6.07) is 10.0. The van der Waals surface area contributed by atoms with E-state index in [1.165, 1.54) is 42.5 Å². The highest BCUT2D eigenvalue weighted by atomic mass is 19.4. The van der Waals surface area contributed by atoms with Crippen LogP contribution in [0.1, 0.15) is 11.1 Å². The Bertz CT molecular complexity index is 999. The van der Waals surface area contributed by atoms with Crippen LogP contribution in [0.5, 0.6) is 5.75 Å². The smallest absolute Gasteiger partial charge is 0.425 e. The Morgan fingerprint density at radius 1 is 1.06 bits per heavy atom. The summed E-state index contributed by atoms with van der Waals surface area (Å²) >= 11 is 0. The number of nitrogens with zero attached hydrogens (tertiary/aromatic N) is 1. The third kappa shape index (κ3) is 4.48. The van der Waals surface area contributed by atoms with Gasteiger partial charge in [0.1, 0.15) is 12.3 Å². The minimum atomic E-state index is -5.16. The summed E-state index contributed by atoms with van der Waals surface area (Å²) in [7, 11) is 0. The first kappa shape index (κ1) is 23.0. The van der Waals surface area contributed by atoms with Gasteiger partial charge in [-0.15, -0.1) is 0 Å². The Hall–Kier alpha value is -3.70. The average molecular weight is 457 g/mol. The molecule has 1 heterocycles. The predicted molar refractivity (Wildman–Crippen MR) is 99.3 cm³/mol. The van der Waals surface area contributed by atoms with E-state index in [1.54, 1.807) is 5.32 Å². The van der Waals surface area contributed by atoms with Crippen molar-refractivity contribution in [3.05, 3.63) is 65.7 Å². The molecule has 0 aliphatic carbocycles. The van der Waals surface area contributed by atoms with E-state index in [-0.39, 0.29) is 17.2 Å². The van der Waals surface area contributed by atoms with Crippen molar-refractivity contribution < 1.29 is 41.1 Å². The topological polar surface area (TPSA) is 87.7 Å². The summed E-state index contributed by atoms with van der Waals surface area (Å²) in [5.41, 5.74) is -3.32. The van der Waals surface area contributed by atoms with E-state index in [0.717, 1.165) is 12.1 Å². The lowest BCUT2D eigenvalue weighted by atomic mass is 9.89. The van der Waals surface area contributed by atoms with E-state index in [9.17, 15) is 36.3 Å². The molecule has 0 aromatic heterocycles. The van der Waals surface area contributed by atoms with Crippen molar-refractivity contribution in [2.45, 2.75) is 24.9 Å². The molecular weight excluding hydrogens is 441 g/mol. The maximum atomic E-state index is 13.9. The molecule has 7 nitrogen and oxygen atoms in total. The van der Waals surface area contributed by atoms with E-state index >= 15 is 0 Å². The first-order valence-corrected chi connectivity index (χ1v) is 9.11. The Morgan fingerprint density at radius 2 is 1.69 bits per heavy atom. The SMILES string of the molecule is O=C(CN1C(=O)NC(c2ccccc2)(C(F)(F)F)C1=O)NCc1ccc(OC(F)F)cc1. The number of ether oxygens (including phenoxy) is 1. The van der Waals surface area contributed by atoms with Crippen molar-refractivity contribution in [3.63, 3.8) is 0 Å². The molecule has 0 saturated carbocycles. The van der Waals surface area contributed by atoms with Gasteiger partial charge >= 0.3 is 18.8 Å². The number of hydrogen-bond acceptors (Lipinski definition) is 4. The molecule has 3 rings (SSSR count). The molecule has 0 spiro atoms. The molecule has 1 unspecified atom stereocenters. The van der Waals surface area contributed by atoms with E-state index < -0.39 is 48.3 Å². The van der Waals surface area contributed by atoms with Gasteiger partial charge in [0.2, 0.25) is 11.4 Å². The third-order valence-electron chi connectivity index (χ3n) is 4.68. The standard InChI is InChI=1S/C20H16F5N3O4/c21-17(22)32-14-8-6-12(7-9-14)10-26-15(29)11-28-16(30)19(20(23,24)25,27-18(28)31)13-4-2-1-3-5-13/h1-9,17H,10-11H2,(H,26,29)(H,27,31). The van der Waals surface area contributed by atoms with Crippen LogP contribution < -0.4 is 15.4 Å². The predicted octanol–water partition coefficient (Wildman–Crippen LogP) is 2.91. The van der Waals surface area contributed by atoms with Crippen LogP contribution in [-0.2, 0) is 21.7 Å². The summed E-state index contributed by atoms with van der Waals surface area (Å²) in [5.74, 6) is -2.61. The van der Waals surface area contributed by atoms with E-state index in [0.29, 0.717) is 5.56 Å².